The largest absolute Gasteiger partial charge is 0.440 e. The molecular formula is C22H27ClN4O3. The number of amides is 2. The summed E-state index contributed by atoms with van der Waals surface area (Å²) in [7, 11) is 0. The van der Waals surface area contributed by atoms with Gasteiger partial charge in [-0.1, -0.05) is 25.4 Å². The van der Waals surface area contributed by atoms with Crippen LogP contribution in [0.2, 0.25) is 5.02 Å². The van der Waals surface area contributed by atoms with Crippen molar-refractivity contribution in [1.29, 1.82) is 0 Å². The molecule has 8 heteroatoms. The van der Waals surface area contributed by atoms with E-state index in [0.29, 0.717) is 16.3 Å². The third-order valence-corrected chi connectivity index (χ3v) is 5.24. The highest BCUT2D eigenvalue weighted by Crippen LogP contribution is 2.21. The summed E-state index contributed by atoms with van der Waals surface area (Å²) in [6.07, 6.45) is 5.05. The van der Waals surface area contributed by atoms with E-state index in [4.69, 9.17) is 16.0 Å². The summed E-state index contributed by atoms with van der Waals surface area (Å²) in [5.41, 5.74) is 2.92. The van der Waals surface area contributed by atoms with Gasteiger partial charge in [-0.3, -0.25) is 9.59 Å². The number of anilines is 1. The standard InChI is InChI=1S/C22H27ClN4O3/c1-15(2)20(25-21(28)16-6-8-17(23)9-7-16)22(29)26-24-14-18-10-11-19(30-18)27-12-4-3-5-13-27/h6-11,14-15,20H,3-5,12-13H2,1-2H3,(H,25,28)(H,26,29)/b24-14-. The number of carbonyl (C=O) groups excluding carboxylic acids is 2. The summed E-state index contributed by atoms with van der Waals surface area (Å²) in [4.78, 5) is 27.2. The summed E-state index contributed by atoms with van der Waals surface area (Å²) < 4.78 is 5.79. The molecule has 0 spiro atoms. The third-order valence-electron chi connectivity index (χ3n) is 4.99. The van der Waals surface area contributed by atoms with Crippen LogP contribution in [-0.2, 0) is 4.79 Å². The maximum Gasteiger partial charge on any atom is 0.262 e. The molecule has 1 aromatic heterocycles. The predicted molar refractivity (Wildman–Crippen MR) is 118 cm³/mol. The first-order valence-electron chi connectivity index (χ1n) is 10.2. The first kappa shape index (κ1) is 21.9. The van der Waals surface area contributed by atoms with Gasteiger partial charge in [0.25, 0.3) is 11.8 Å². The summed E-state index contributed by atoms with van der Waals surface area (Å²) in [6.45, 7) is 5.69. The first-order chi connectivity index (χ1) is 14.4. The monoisotopic (exact) mass is 430 g/mol. The van der Waals surface area contributed by atoms with Gasteiger partial charge in [0.15, 0.2) is 5.88 Å². The third kappa shape index (κ3) is 5.86. The molecule has 2 aromatic rings. The Morgan fingerprint density at radius 1 is 1.10 bits per heavy atom. The van der Waals surface area contributed by atoms with Crippen LogP contribution in [0.25, 0.3) is 0 Å². The number of piperidine rings is 1. The van der Waals surface area contributed by atoms with E-state index < -0.39 is 11.9 Å². The zero-order valence-electron chi connectivity index (χ0n) is 17.2. The summed E-state index contributed by atoms with van der Waals surface area (Å²) in [5, 5.41) is 7.28. The lowest BCUT2D eigenvalue weighted by Gasteiger charge is -2.25. The van der Waals surface area contributed by atoms with Crippen LogP contribution in [0.1, 0.15) is 49.2 Å². The smallest absolute Gasteiger partial charge is 0.262 e. The maximum absolute atomic E-state index is 12.5. The quantitative estimate of drug-likeness (QED) is 0.516. The minimum Gasteiger partial charge on any atom is -0.440 e. The summed E-state index contributed by atoms with van der Waals surface area (Å²) in [5.74, 6) is 0.513. The molecule has 2 heterocycles. The topological polar surface area (TPSA) is 86.9 Å². The Labute approximate surface area is 181 Å². The SMILES string of the molecule is CC(C)C(NC(=O)c1ccc(Cl)cc1)C(=O)N/N=C\c1ccc(N2CCCCC2)o1. The van der Waals surface area contributed by atoms with Gasteiger partial charge in [0.2, 0.25) is 0 Å². The number of carbonyl (C=O) groups is 2. The zero-order chi connectivity index (χ0) is 21.5. The molecule has 7 nitrogen and oxygen atoms in total. The molecule has 0 radical (unpaired) electrons. The molecule has 2 amide bonds. The molecule has 30 heavy (non-hydrogen) atoms. The van der Waals surface area contributed by atoms with E-state index in [1.807, 2.05) is 26.0 Å². The fraction of sp³-hybridized carbons (Fsp3) is 0.409. The number of benzene rings is 1. The molecule has 1 aromatic carbocycles. The second kappa shape index (κ2) is 10.3. The van der Waals surface area contributed by atoms with E-state index in [0.717, 1.165) is 19.0 Å². The van der Waals surface area contributed by atoms with Crippen LogP contribution in [0, 0.1) is 5.92 Å². The van der Waals surface area contributed by atoms with Gasteiger partial charge in [0.05, 0.1) is 6.21 Å². The second-order valence-electron chi connectivity index (χ2n) is 7.66. The minimum atomic E-state index is -0.731. The van der Waals surface area contributed by atoms with Crippen molar-refractivity contribution in [3.8, 4) is 0 Å². The summed E-state index contributed by atoms with van der Waals surface area (Å²) in [6, 6.07) is 9.49. The van der Waals surface area contributed by atoms with Crippen molar-refractivity contribution in [3.05, 3.63) is 52.7 Å². The van der Waals surface area contributed by atoms with E-state index in [1.54, 1.807) is 24.3 Å². The number of hydrogen-bond donors (Lipinski definition) is 2. The van der Waals surface area contributed by atoms with Crippen molar-refractivity contribution >= 4 is 35.5 Å². The normalized spacial score (nSPS) is 15.4. The highest BCUT2D eigenvalue weighted by Gasteiger charge is 2.24. The Balaban J connectivity index is 1.56. The molecule has 1 aliphatic rings. The average molecular weight is 431 g/mol. The molecular weight excluding hydrogens is 404 g/mol. The average Bonchev–Trinajstić information content (AvgIpc) is 3.21. The van der Waals surface area contributed by atoms with Crippen molar-refractivity contribution in [2.24, 2.45) is 11.0 Å². The molecule has 160 valence electrons. The number of halogens is 1. The molecule has 1 aliphatic heterocycles. The molecule has 0 bridgehead atoms. The van der Waals surface area contributed by atoms with Crippen LogP contribution in [0.3, 0.4) is 0 Å². The lowest BCUT2D eigenvalue weighted by Crippen LogP contribution is -2.48. The van der Waals surface area contributed by atoms with Crippen molar-refractivity contribution in [3.63, 3.8) is 0 Å². The molecule has 1 unspecified atom stereocenters. The van der Waals surface area contributed by atoms with E-state index in [-0.39, 0.29) is 11.8 Å². The predicted octanol–water partition coefficient (Wildman–Crippen LogP) is 3.83. The molecule has 3 rings (SSSR count). The molecule has 2 N–H and O–H groups in total. The van der Waals surface area contributed by atoms with Gasteiger partial charge in [-0.15, -0.1) is 0 Å². The van der Waals surface area contributed by atoms with Gasteiger partial charge >= 0.3 is 0 Å². The molecule has 1 fully saturated rings. The van der Waals surface area contributed by atoms with Gasteiger partial charge in [-0.05, 0) is 55.5 Å². The minimum absolute atomic E-state index is 0.120. The van der Waals surface area contributed by atoms with Crippen LogP contribution in [0.5, 0.6) is 0 Å². The van der Waals surface area contributed by atoms with Crippen molar-refractivity contribution < 1.29 is 14.0 Å². The fourth-order valence-corrected chi connectivity index (χ4v) is 3.41. The van der Waals surface area contributed by atoms with Gasteiger partial charge < -0.3 is 14.6 Å². The van der Waals surface area contributed by atoms with E-state index in [9.17, 15) is 9.59 Å². The van der Waals surface area contributed by atoms with Crippen LogP contribution in [0.15, 0.2) is 45.9 Å². The van der Waals surface area contributed by atoms with E-state index in [1.165, 1.54) is 25.5 Å². The number of hydrazone groups is 1. The van der Waals surface area contributed by atoms with E-state index in [2.05, 4.69) is 20.7 Å². The van der Waals surface area contributed by atoms with Gasteiger partial charge in [0, 0.05) is 29.7 Å². The molecule has 0 aliphatic carbocycles. The number of rotatable bonds is 7. The van der Waals surface area contributed by atoms with Crippen molar-refractivity contribution in [2.45, 2.75) is 39.2 Å². The lowest BCUT2D eigenvalue weighted by atomic mass is 10.0. The maximum atomic E-state index is 12.5. The zero-order valence-corrected chi connectivity index (χ0v) is 18.0. The lowest BCUT2D eigenvalue weighted by molar-refractivity contribution is -0.123. The highest BCUT2D eigenvalue weighted by molar-refractivity contribution is 6.30. The Morgan fingerprint density at radius 3 is 2.47 bits per heavy atom. The Hall–Kier alpha value is -2.80. The van der Waals surface area contributed by atoms with E-state index >= 15 is 0 Å². The first-order valence-corrected chi connectivity index (χ1v) is 10.6. The molecule has 0 saturated carbocycles. The number of furan rings is 1. The Kier molecular flexibility index (Phi) is 7.52. The fourth-order valence-electron chi connectivity index (χ4n) is 3.29. The second-order valence-corrected chi connectivity index (χ2v) is 8.10. The van der Waals surface area contributed by atoms with Crippen LogP contribution in [-0.4, -0.2) is 37.2 Å². The molecule has 1 atom stereocenters. The van der Waals surface area contributed by atoms with Crippen LogP contribution < -0.4 is 15.6 Å². The number of hydrogen-bond acceptors (Lipinski definition) is 5. The van der Waals surface area contributed by atoms with Crippen LogP contribution in [0.4, 0.5) is 5.88 Å². The number of nitrogens with one attached hydrogen (secondary N) is 2. The Morgan fingerprint density at radius 2 is 1.80 bits per heavy atom. The Bertz CT molecular complexity index is 886. The summed E-state index contributed by atoms with van der Waals surface area (Å²) >= 11 is 5.85. The molecule has 1 saturated heterocycles. The van der Waals surface area contributed by atoms with Crippen molar-refractivity contribution in [1.82, 2.24) is 10.7 Å². The highest BCUT2D eigenvalue weighted by atomic mass is 35.5. The van der Waals surface area contributed by atoms with Gasteiger partial charge in [0.1, 0.15) is 11.8 Å². The van der Waals surface area contributed by atoms with Gasteiger partial charge in [-0.2, -0.15) is 5.10 Å². The van der Waals surface area contributed by atoms with Crippen LogP contribution >= 0.6 is 11.6 Å². The van der Waals surface area contributed by atoms with Crippen molar-refractivity contribution in [2.75, 3.05) is 18.0 Å². The van der Waals surface area contributed by atoms with Gasteiger partial charge in [-0.25, -0.2) is 5.43 Å². The number of nitrogens with zero attached hydrogens (tertiary/aromatic N) is 2.